The summed E-state index contributed by atoms with van der Waals surface area (Å²) in [6.07, 6.45) is -1.51. The number of rotatable bonds is 2. The summed E-state index contributed by atoms with van der Waals surface area (Å²) in [7, 11) is 0. The van der Waals surface area contributed by atoms with Gasteiger partial charge in [-0.25, -0.2) is 8.78 Å². The highest BCUT2D eigenvalue weighted by molar-refractivity contribution is 7.17. The Morgan fingerprint density at radius 1 is 1.27 bits per heavy atom. The second-order valence-corrected chi connectivity index (χ2v) is 4.94. The Hall–Kier alpha value is -0.960. The molecule has 0 N–H and O–H groups in total. The van der Waals surface area contributed by atoms with Gasteiger partial charge in [-0.3, -0.25) is 0 Å². The second-order valence-electron chi connectivity index (χ2n) is 4.03. The molecular formula is C12H10F2S. The highest BCUT2D eigenvalue weighted by atomic mass is 32.1. The minimum atomic E-state index is -2.16. The summed E-state index contributed by atoms with van der Waals surface area (Å²) >= 11 is 1.65. The lowest BCUT2D eigenvalue weighted by molar-refractivity contribution is 0.120. The zero-order valence-corrected chi connectivity index (χ0v) is 8.81. The number of fused-ring (bicyclic) bond motifs is 1. The van der Waals surface area contributed by atoms with Crippen molar-refractivity contribution >= 4 is 21.4 Å². The van der Waals surface area contributed by atoms with Crippen molar-refractivity contribution in [3.63, 3.8) is 0 Å². The van der Waals surface area contributed by atoms with E-state index < -0.39 is 12.3 Å². The van der Waals surface area contributed by atoms with Crippen LogP contribution in [0.3, 0.4) is 0 Å². The summed E-state index contributed by atoms with van der Waals surface area (Å²) in [5.74, 6) is -0.302. The lowest BCUT2D eigenvalue weighted by atomic mass is 10.1. The molecule has 0 bridgehead atoms. The van der Waals surface area contributed by atoms with Gasteiger partial charge in [-0.15, -0.1) is 11.3 Å². The molecule has 1 aromatic carbocycles. The van der Waals surface area contributed by atoms with Crippen molar-refractivity contribution < 1.29 is 8.78 Å². The molecule has 0 saturated heterocycles. The number of halogens is 2. The lowest BCUT2D eigenvalue weighted by Gasteiger charge is -1.97. The van der Waals surface area contributed by atoms with E-state index in [1.54, 1.807) is 11.3 Å². The summed E-state index contributed by atoms with van der Waals surface area (Å²) < 4.78 is 26.1. The van der Waals surface area contributed by atoms with Gasteiger partial charge in [-0.2, -0.15) is 0 Å². The number of thiophene rings is 1. The predicted molar refractivity (Wildman–Crippen MR) is 58.7 cm³/mol. The maximum Gasteiger partial charge on any atom is 0.242 e. The first-order valence-corrected chi connectivity index (χ1v) is 5.89. The van der Waals surface area contributed by atoms with Gasteiger partial charge in [-0.05, 0) is 34.7 Å². The average Bonchev–Trinajstić information content (AvgIpc) is 2.92. The number of hydrogen-bond donors (Lipinski definition) is 0. The zero-order chi connectivity index (χ0) is 10.4. The first kappa shape index (κ1) is 9.28. The molecule has 3 heteroatoms. The van der Waals surface area contributed by atoms with Crippen molar-refractivity contribution in [2.24, 2.45) is 5.92 Å². The number of hydrogen-bond acceptors (Lipinski definition) is 1. The topological polar surface area (TPSA) is 0 Å². The van der Waals surface area contributed by atoms with E-state index >= 15 is 0 Å². The van der Waals surface area contributed by atoms with Crippen LogP contribution in [0, 0.1) is 5.92 Å². The predicted octanol–water partition coefficient (Wildman–Crippen LogP) is 4.27. The first-order valence-electron chi connectivity index (χ1n) is 5.01. The van der Waals surface area contributed by atoms with E-state index in [0.717, 1.165) is 10.9 Å². The van der Waals surface area contributed by atoms with E-state index in [0.29, 0.717) is 6.42 Å². The molecule has 1 aliphatic rings. The van der Waals surface area contributed by atoms with Crippen LogP contribution in [0.5, 0.6) is 0 Å². The molecule has 0 unspecified atom stereocenters. The summed E-state index contributed by atoms with van der Waals surface area (Å²) in [6, 6.07) is 8.03. The summed E-state index contributed by atoms with van der Waals surface area (Å²) in [5.41, 5.74) is 1.13. The highest BCUT2D eigenvalue weighted by Gasteiger charge is 2.45. The van der Waals surface area contributed by atoms with Crippen LogP contribution >= 0.6 is 11.3 Å². The van der Waals surface area contributed by atoms with E-state index in [4.69, 9.17) is 0 Å². The Kier molecular flexibility index (Phi) is 2.02. The zero-order valence-electron chi connectivity index (χ0n) is 7.99. The molecule has 1 heterocycles. The molecular weight excluding hydrogens is 214 g/mol. The standard InChI is InChI=1S/C12H10F2S/c13-12(14)9-5-8(9)10-6-15-11-4-2-1-3-7(10)11/h1-4,6,8-9,12H,5H2/t8-,9-/m1/s1. The van der Waals surface area contributed by atoms with Crippen LogP contribution in [0.25, 0.3) is 10.1 Å². The monoisotopic (exact) mass is 224 g/mol. The van der Waals surface area contributed by atoms with E-state index in [-0.39, 0.29) is 5.92 Å². The maximum absolute atomic E-state index is 12.5. The fraction of sp³-hybridized carbons (Fsp3) is 0.333. The smallest absolute Gasteiger partial charge is 0.210 e. The van der Waals surface area contributed by atoms with Gasteiger partial charge in [0, 0.05) is 10.6 Å². The van der Waals surface area contributed by atoms with Crippen LogP contribution < -0.4 is 0 Å². The van der Waals surface area contributed by atoms with Gasteiger partial charge in [0.2, 0.25) is 6.43 Å². The van der Waals surface area contributed by atoms with Gasteiger partial charge in [0.25, 0.3) is 0 Å². The van der Waals surface area contributed by atoms with Crippen LogP contribution in [-0.4, -0.2) is 6.43 Å². The van der Waals surface area contributed by atoms with Crippen molar-refractivity contribution in [1.29, 1.82) is 0 Å². The van der Waals surface area contributed by atoms with E-state index in [9.17, 15) is 8.78 Å². The first-order chi connectivity index (χ1) is 7.27. The fourth-order valence-corrected chi connectivity index (χ4v) is 3.16. The molecule has 15 heavy (non-hydrogen) atoms. The van der Waals surface area contributed by atoms with Gasteiger partial charge in [0.05, 0.1) is 0 Å². The number of benzene rings is 1. The van der Waals surface area contributed by atoms with Gasteiger partial charge < -0.3 is 0 Å². The largest absolute Gasteiger partial charge is 0.242 e. The van der Waals surface area contributed by atoms with Gasteiger partial charge in [0.15, 0.2) is 0 Å². The van der Waals surface area contributed by atoms with Crippen molar-refractivity contribution in [3.8, 4) is 0 Å². The fourth-order valence-electron chi connectivity index (χ4n) is 2.14. The third-order valence-corrected chi connectivity index (χ3v) is 4.06. The molecule has 0 amide bonds. The van der Waals surface area contributed by atoms with Gasteiger partial charge in [-0.1, -0.05) is 18.2 Å². The molecule has 2 atom stereocenters. The van der Waals surface area contributed by atoms with Gasteiger partial charge in [0.1, 0.15) is 0 Å². The quantitative estimate of drug-likeness (QED) is 0.714. The van der Waals surface area contributed by atoms with Crippen molar-refractivity contribution in [2.75, 3.05) is 0 Å². The molecule has 1 aliphatic carbocycles. The normalized spacial score (nSPS) is 25.0. The van der Waals surface area contributed by atoms with Crippen LogP contribution in [0.15, 0.2) is 29.6 Å². The Bertz CT molecular complexity index is 489. The highest BCUT2D eigenvalue weighted by Crippen LogP contribution is 2.53. The Labute approximate surface area is 90.5 Å². The molecule has 1 fully saturated rings. The SMILES string of the molecule is FC(F)[C@@H]1C[C@H]1c1csc2ccccc12. The van der Waals surface area contributed by atoms with Crippen molar-refractivity contribution in [1.82, 2.24) is 0 Å². The third kappa shape index (κ3) is 1.46. The second kappa shape index (κ2) is 3.27. The number of alkyl halides is 2. The minimum absolute atomic E-state index is 0.0983. The third-order valence-electron chi connectivity index (χ3n) is 3.07. The Morgan fingerprint density at radius 3 is 2.80 bits per heavy atom. The molecule has 3 rings (SSSR count). The molecule has 1 saturated carbocycles. The molecule has 1 aromatic heterocycles. The molecule has 0 aliphatic heterocycles. The van der Waals surface area contributed by atoms with E-state index in [2.05, 4.69) is 0 Å². The minimum Gasteiger partial charge on any atom is -0.210 e. The van der Waals surface area contributed by atoms with E-state index in [1.165, 1.54) is 4.70 Å². The lowest BCUT2D eigenvalue weighted by Crippen LogP contribution is -1.94. The van der Waals surface area contributed by atoms with E-state index in [1.807, 2.05) is 29.6 Å². The average molecular weight is 224 g/mol. The van der Waals surface area contributed by atoms with Gasteiger partial charge >= 0.3 is 0 Å². The van der Waals surface area contributed by atoms with Crippen LogP contribution in [0.2, 0.25) is 0 Å². The van der Waals surface area contributed by atoms with Crippen LogP contribution in [0.4, 0.5) is 8.78 Å². The summed E-state index contributed by atoms with van der Waals surface area (Å²) in [5, 5.41) is 3.20. The molecule has 0 nitrogen and oxygen atoms in total. The maximum atomic E-state index is 12.5. The summed E-state index contributed by atoms with van der Waals surface area (Å²) in [6.45, 7) is 0. The summed E-state index contributed by atoms with van der Waals surface area (Å²) in [4.78, 5) is 0. The van der Waals surface area contributed by atoms with Crippen molar-refractivity contribution in [2.45, 2.75) is 18.8 Å². The van der Waals surface area contributed by atoms with Crippen LogP contribution in [-0.2, 0) is 0 Å². The van der Waals surface area contributed by atoms with Crippen molar-refractivity contribution in [3.05, 3.63) is 35.2 Å². The Balaban J connectivity index is 2.00. The van der Waals surface area contributed by atoms with Crippen LogP contribution in [0.1, 0.15) is 17.9 Å². The molecule has 0 spiro atoms. The molecule has 78 valence electrons. The molecule has 2 aromatic rings. The molecule has 0 radical (unpaired) electrons. The Morgan fingerprint density at radius 2 is 2.07 bits per heavy atom.